The summed E-state index contributed by atoms with van der Waals surface area (Å²) in [6.07, 6.45) is 0. The van der Waals surface area contributed by atoms with Gasteiger partial charge in [-0.2, -0.15) is 0 Å². The largest absolute Gasteiger partial charge is 1.00 e. The van der Waals surface area contributed by atoms with Crippen LogP contribution >= 0.6 is 0 Å². The first-order valence-electron chi connectivity index (χ1n) is 14.8. The fourth-order valence-electron chi connectivity index (χ4n) is 6.18. The Morgan fingerprint density at radius 2 is 0.846 bits per heavy atom. The molecule has 0 aliphatic carbocycles. The van der Waals surface area contributed by atoms with Crippen LogP contribution in [0.5, 0.6) is 0 Å². The van der Waals surface area contributed by atoms with Gasteiger partial charge < -0.3 is 9.11 Å². The van der Waals surface area contributed by atoms with E-state index in [2.05, 4.69) is 0 Å². The summed E-state index contributed by atoms with van der Waals surface area (Å²) in [7, 11) is -9.86. The molecule has 0 spiro atoms. The van der Waals surface area contributed by atoms with E-state index in [-0.39, 0.29) is 114 Å². The number of carbonyl (C=O) groups is 2. The van der Waals surface area contributed by atoms with E-state index in [1.807, 2.05) is 0 Å². The monoisotopic (exact) mass is 752 g/mol. The van der Waals surface area contributed by atoms with Crippen LogP contribution in [-0.4, -0.2) is 46.9 Å². The normalized spacial score (nSPS) is 11.8. The molecule has 7 rings (SSSR count). The van der Waals surface area contributed by atoms with Gasteiger partial charge in [0.15, 0.2) is 10.9 Å². The Morgan fingerprint density at radius 1 is 0.500 bits per heavy atom. The molecule has 12 nitrogen and oxygen atoms in total. The summed E-state index contributed by atoms with van der Waals surface area (Å²) in [6.45, 7) is 3.47. The molecule has 7 aromatic rings. The Hall–Kier alpha value is -3.80. The molecule has 0 unspecified atom stereocenters. The number of aromatic nitrogens is 2. The fourth-order valence-corrected chi connectivity index (χ4v) is 7.21. The number of carbonyl (C=O) groups excluding carboxylic acids is 2. The van der Waals surface area contributed by atoms with Crippen LogP contribution in [0.15, 0.2) is 116 Å². The first-order chi connectivity index (χ1) is 23.5. The Morgan fingerprint density at radius 3 is 1.19 bits per heavy atom. The smallest absolute Gasteiger partial charge is 0.744 e. The van der Waals surface area contributed by atoms with E-state index in [4.69, 9.17) is 0 Å². The number of benzene rings is 5. The third-order valence-electron chi connectivity index (χ3n) is 8.51. The third kappa shape index (κ3) is 6.76. The molecule has 0 saturated carbocycles. The molecule has 0 aliphatic rings. The minimum atomic E-state index is -4.93. The number of rotatable bonds is 4. The predicted octanol–water partition coefficient (Wildman–Crippen LogP) is -1.57. The summed E-state index contributed by atoms with van der Waals surface area (Å²) < 4.78 is 73.1. The summed E-state index contributed by atoms with van der Waals surface area (Å²) in [6, 6.07) is 21.1. The van der Waals surface area contributed by atoms with Crippen molar-refractivity contribution in [3.63, 3.8) is 0 Å². The zero-order chi connectivity index (χ0) is 35.9. The van der Waals surface area contributed by atoms with Crippen molar-refractivity contribution in [2.45, 2.75) is 23.6 Å². The van der Waals surface area contributed by atoms with Crippen LogP contribution in [0.3, 0.4) is 0 Å². The van der Waals surface area contributed by atoms with Crippen molar-refractivity contribution in [1.29, 1.82) is 0 Å². The quantitative estimate of drug-likeness (QED) is 0.115. The third-order valence-corrected chi connectivity index (χ3v) is 10.2. The first-order valence-corrected chi connectivity index (χ1v) is 17.7. The molecule has 0 atom stereocenters. The second-order valence-electron chi connectivity index (χ2n) is 11.8. The summed E-state index contributed by atoms with van der Waals surface area (Å²) in [5.74, 6) is -1.62. The molecule has 2 aromatic heterocycles. The summed E-state index contributed by atoms with van der Waals surface area (Å²) in [5.41, 5.74) is 0.0692. The van der Waals surface area contributed by atoms with E-state index in [1.165, 1.54) is 48.5 Å². The Bertz CT molecular complexity index is 2840. The zero-order valence-corrected chi connectivity index (χ0v) is 33.7. The van der Waals surface area contributed by atoms with Crippen molar-refractivity contribution in [3.8, 4) is 0 Å². The standard InChI is InChI=1S/C36H24N2O10S2.2Na/c1-19-9-11-29-25(13-19)33(39)27-17-32-28(18-31(27)37(29)35(41)21-5-3-7-23(15-21)49(43,44)45)34(40)26-14-20(2)10-12-30(26)38(32)36(42)22-6-4-8-24(16-22)50(46,47)48;;/h3-18H,1-2H3,(H,43,44,45)(H,46,47,48);;/q;2*+1/p-2. The molecule has 2 heterocycles. The van der Waals surface area contributed by atoms with Crippen LogP contribution in [0, 0.1) is 13.8 Å². The van der Waals surface area contributed by atoms with Gasteiger partial charge in [0, 0.05) is 32.7 Å². The number of nitrogens with zero attached hydrogens (tertiary/aromatic N) is 2. The van der Waals surface area contributed by atoms with Crippen LogP contribution in [0.25, 0.3) is 43.6 Å². The molecule has 5 aromatic carbocycles. The van der Waals surface area contributed by atoms with Gasteiger partial charge in [0.05, 0.1) is 31.9 Å². The molecule has 250 valence electrons. The van der Waals surface area contributed by atoms with E-state index in [9.17, 15) is 45.1 Å². The average Bonchev–Trinajstić information content (AvgIpc) is 3.07. The van der Waals surface area contributed by atoms with Crippen LogP contribution in [0.4, 0.5) is 0 Å². The van der Waals surface area contributed by atoms with Gasteiger partial charge in [-0.1, -0.05) is 35.4 Å². The number of hydrogen-bond donors (Lipinski definition) is 0. The summed E-state index contributed by atoms with van der Waals surface area (Å²) >= 11 is 0. The fraction of sp³-hybridized carbons (Fsp3) is 0.0556. The number of pyridine rings is 2. The molecule has 52 heavy (non-hydrogen) atoms. The van der Waals surface area contributed by atoms with Crippen molar-refractivity contribution >= 4 is 75.7 Å². The maximum atomic E-state index is 14.3. The summed E-state index contributed by atoms with van der Waals surface area (Å²) in [4.78, 5) is 55.5. The molecule has 0 aliphatic heterocycles. The average molecular weight is 753 g/mol. The summed E-state index contributed by atoms with van der Waals surface area (Å²) in [5, 5.41) is 0.0327. The van der Waals surface area contributed by atoms with Crippen LogP contribution < -0.4 is 70.0 Å². The number of fused-ring (bicyclic) bond motifs is 4. The molecule has 16 heteroatoms. The zero-order valence-electron chi connectivity index (χ0n) is 28.0. The minimum absolute atomic E-state index is 0. The minimum Gasteiger partial charge on any atom is -0.744 e. The van der Waals surface area contributed by atoms with Crippen molar-refractivity contribution in [2.75, 3.05) is 0 Å². The van der Waals surface area contributed by atoms with Gasteiger partial charge in [0.2, 0.25) is 0 Å². The molecule has 0 radical (unpaired) electrons. The molecule has 0 bridgehead atoms. The van der Waals surface area contributed by atoms with Gasteiger partial charge >= 0.3 is 59.1 Å². The maximum Gasteiger partial charge on any atom is 1.00 e. The van der Waals surface area contributed by atoms with Crippen LogP contribution in [0.1, 0.15) is 31.8 Å². The van der Waals surface area contributed by atoms with Gasteiger partial charge in [-0.15, -0.1) is 0 Å². The Balaban J connectivity index is 0.00000261. The van der Waals surface area contributed by atoms with E-state index in [1.54, 1.807) is 38.1 Å². The molecule has 0 saturated heterocycles. The van der Waals surface area contributed by atoms with E-state index in [0.717, 1.165) is 33.4 Å². The molecular weight excluding hydrogens is 731 g/mol. The number of aryl methyl sites for hydroxylation is 2. The molecule has 0 amide bonds. The van der Waals surface area contributed by atoms with Crippen LogP contribution in [-0.2, 0) is 20.2 Å². The Kier molecular flexibility index (Phi) is 10.8. The SMILES string of the molecule is Cc1ccc2c(c1)c(=O)c1cc3c(cc1n2C(=O)c1cccc(S(=O)(=O)[O-])c1)c(=O)c1cc(C)ccc1n3C(=O)c1cccc(S(=O)(=O)[O-])c1.[Na+].[Na+]. The van der Waals surface area contributed by atoms with Gasteiger partial charge in [-0.05, 0) is 86.6 Å². The maximum absolute atomic E-state index is 14.3. The van der Waals surface area contributed by atoms with E-state index in [0.29, 0.717) is 11.1 Å². The van der Waals surface area contributed by atoms with Crippen molar-refractivity contribution < 1.29 is 94.6 Å². The van der Waals surface area contributed by atoms with Gasteiger partial charge in [0.1, 0.15) is 20.2 Å². The van der Waals surface area contributed by atoms with E-state index < -0.39 is 52.7 Å². The Labute approximate surface area is 339 Å². The van der Waals surface area contributed by atoms with Crippen molar-refractivity contribution in [2.24, 2.45) is 0 Å². The van der Waals surface area contributed by atoms with Gasteiger partial charge in [-0.3, -0.25) is 28.3 Å². The number of hydrogen-bond acceptors (Lipinski definition) is 10. The molecule has 0 fully saturated rings. The van der Waals surface area contributed by atoms with Crippen molar-refractivity contribution in [1.82, 2.24) is 9.13 Å². The molecular formula is C36H22N2Na2O10S2. The van der Waals surface area contributed by atoms with Gasteiger partial charge in [-0.25, -0.2) is 16.8 Å². The first kappa shape index (κ1) is 39.4. The van der Waals surface area contributed by atoms with E-state index >= 15 is 0 Å². The topological polar surface area (TPSA) is 193 Å². The van der Waals surface area contributed by atoms with Crippen molar-refractivity contribution in [3.05, 3.63) is 140 Å². The van der Waals surface area contributed by atoms with Crippen LogP contribution in [0.2, 0.25) is 0 Å². The second kappa shape index (κ2) is 14.2. The second-order valence-corrected chi connectivity index (χ2v) is 14.6. The predicted molar refractivity (Wildman–Crippen MR) is 183 cm³/mol. The van der Waals surface area contributed by atoms with Gasteiger partial charge in [0.25, 0.3) is 11.8 Å². The molecule has 0 N–H and O–H groups in total.